The summed E-state index contributed by atoms with van der Waals surface area (Å²) in [6.45, 7) is 6.87. The quantitative estimate of drug-likeness (QED) is 0.610. The van der Waals surface area contributed by atoms with Gasteiger partial charge in [0.15, 0.2) is 0 Å². The number of nitro benzene ring substituents is 1. The number of piperazine rings is 1. The molecule has 1 aliphatic heterocycles. The summed E-state index contributed by atoms with van der Waals surface area (Å²) in [6.07, 6.45) is 0. The van der Waals surface area contributed by atoms with Gasteiger partial charge in [-0.2, -0.15) is 0 Å². The summed E-state index contributed by atoms with van der Waals surface area (Å²) >= 11 is 5.89. The molecule has 0 aromatic heterocycles. The third-order valence-electron chi connectivity index (χ3n) is 5.01. The van der Waals surface area contributed by atoms with Crippen LogP contribution in [0.5, 0.6) is 0 Å². The molecule has 0 bridgehead atoms. The minimum Gasteiger partial charge on any atom is -0.363 e. The van der Waals surface area contributed by atoms with Gasteiger partial charge in [0.2, 0.25) is 5.91 Å². The number of aryl methyl sites for hydroxylation is 2. The first-order valence-electron chi connectivity index (χ1n) is 9.12. The number of hydrogen-bond acceptors (Lipinski definition) is 5. The number of anilines is 2. The molecule has 0 saturated carbocycles. The van der Waals surface area contributed by atoms with Crippen LogP contribution in [0.2, 0.25) is 5.02 Å². The SMILES string of the molecule is Cc1ccc(NC(=O)CN2CCN(c3ccc(Cl)cc3[N+](=O)[O-])CC2)cc1C. The van der Waals surface area contributed by atoms with Gasteiger partial charge in [0.1, 0.15) is 5.69 Å². The maximum absolute atomic E-state index is 12.3. The second-order valence-corrected chi connectivity index (χ2v) is 7.44. The van der Waals surface area contributed by atoms with Crippen LogP contribution in [-0.2, 0) is 4.79 Å². The van der Waals surface area contributed by atoms with Crippen LogP contribution in [0.25, 0.3) is 0 Å². The minimum atomic E-state index is -0.412. The predicted molar refractivity (Wildman–Crippen MR) is 111 cm³/mol. The number of benzene rings is 2. The molecule has 0 spiro atoms. The molecule has 1 aliphatic rings. The first kappa shape index (κ1) is 20.1. The molecular weight excluding hydrogens is 380 g/mol. The molecule has 148 valence electrons. The molecule has 1 N–H and O–H groups in total. The molecule has 2 aromatic carbocycles. The highest BCUT2D eigenvalue weighted by Crippen LogP contribution is 2.31. The number of carbonyl (C=O) groups is 1. The van der Waals surface area contributed by atoms with Crippen molar-refractivity contribution in [2.24, 2.45) is 0 Å². The molecule has 0 aliphatic carbocycles. The molecule has 8 heteroatoms. The van der Waals surface area contributed by atoms with Gasteiger partial charge in [-0.15, -0.1) is 0 Å². The van der Waals surface area contributed by atoms with E-state index in [0.717, 1.165) is 11.3 Å². The second kappa shape index (κ2) is 8.58. The second-order valence-electron chi connectivity index (χ2n) is 7.00. The standard InChI is InChI=1S/C20H23ClN4O3/c1-14-3-5-17(11-15(14)2)22-20(26)13-23-7-9-24(10-8-23)18-6-4-16(21)12-19(18)25(27)28/h3-6,11-12H,7-10,13H2,1-2H3,(H,22,26). The third-order valence-corrected chi connectivity index (χ3v) is 5.24. The molecule has 1 heterocycles. The van der Waals surface area contributed by atoms with Gasteiger partial charge in [-0.25, -0.2) is 0 Å². The predicted octanol–water partition coefficient (Wildman–Crippen LogP) is 3.63. The van der Waals surface area contributed by atoms with E-state index in [1.807, 2.05) is 36.9 Å². The highest BCUT2D eigenvalue weighted by molar-refractivity contribution is 6.30. The lowest BCUT2D eigenvalue weighted by atomic mass is 10.1. The first-order chi connectivity index (χ1) is 13.3. The highest BCUT2D eigenvalue weighted by Gasteiger charge is 2.24. The van der Waals surface area contributed by atoms with E-state index in [9.17, 15) is 14.9 Å². The van der Waals surface area contributed by atoms with Crippen molar-refractivity contribution in [3.05, 3.63) is 62.7 Å². The Morgan fingerprint density at radius 1 is 1.11 bits per heavy atom. The zero-order valence-corrected chi connectivity index (χ0v) is 16.7. The molecular formula is C20H23ClN4O3. The van der Waals surface area contributed by atoms with Crippen LogP contribution in [0.3, 0.4) is 0 Å². The molecule has 0 atom stereocenters. The summed E-state index contributed by atoms with van der Waals surface area (Å²) in [5.41, 5.74) is 3.69. The van der Waals surface area contributed by atoms with E-state index in [2.05, 4.69) is 10.2 Å². The van der Waals surface area contributed by atoms with Crippen LogP contribution in [0, 0.1) is 24.0 Å². The van der Waals surface area contributed by atoms with Crippen molar-refractivity contribution in [2.45, 2.75) is 13.8 Å². The van der Waals surface area contributed by atoms with Crippen LogP contribution in [0.4, 0.5) is 17.1 Å². The number of hydrogen-bond donors (Lipinski definition) is 1. The van der Waals surface area contributed by atoms with Crippen molar-refractivity contribution >= 4 is 34.6 Å². The summed E-state index contributed by atoms with van der Waals surface area (Å²) in [7, 11) is 0. The fraction of sp³-hybridized carbons (Fsp3) is 0.350. The van der Waals surface area contributed by atoms with E-state index < -0.39 is 4.92 Å². The number of nitrogens with one attached hydrogen (secondary N) is 1. The Morgan fingerprint density at radius 2 is 1.82 bits per heavy atom. The van der Waals surface area contributed by atoms with Crippen LogP contribution in [0.1, 0.15) is 11.1 Å². The lowest BCUT2D eigenvalue weighted by Crippen LogP contribution is -2.48. The van der Waals surface area contributed by atoms with E-state index in [1.54, 1.807) is 12.1 Å². The van der Waals surface area contributed by atoms with E-state index in [0.29, 0.717) is 43.4 Å². The molecule has 7 nitrogen and oxygen atoms in total. The molecule has 2 aromatic rings. The highest BCUT2D eigenvalue weighted by atomic mass is 35.5. The van der Waals surface area contributed by atoms with Gasteiger partial charge in [-0.05, 0) is 49.2 Å². The summed E-state index contributed by atoms with van der Waals surface area (Å²) < 4.78 is 0. The Bertz CT molecular complexity index is 895. The molecule has 0 radical (unpaired) electrons. The molecule has 1 fully saturated rings. The zero-order valence-electron chi connectivity index (χ0n) is 15.9. The molecule has 1 saturated heterocycles. The summed E-state index contributed by atoms with van der Waals surface area (Å²) in [5.74, 6) is -0.0609. The van der Waals surface area contributed by atoms with E-state index in [-0.39, 0.29) is 11.6 Å². The largest absolute Gasteiger partial charge is 0.363 e. The van der Waals surface area contributed by atoms with Crippen molar-refractivity contribution in [1.82, 2.24) is 4.90 Å². The maximum atomic E-state index is 12.3. The Balaban J connectivity index is 1.56. The number of nitro groups is 1. The number of halogens is 1. The van der Waals surface area contributed by atoms with Crippen molar-refractivity contribution < 1.29 is 9.72 Å². The van der Waals surface area contributed by atoms with Gasteiger partial charge in [0.05, 0.1) is 11.5 Å². The van der Waals surface area contributed by atoms with E-state index >= 15 is 0 Å². The average molecular weight is 403 g/mol. The number of rotatable bonds is 5. The van der Waals surface area contributed by atoms with Crippen LogP contribution >= 0.6 is 11.6 Å². The van der Waals surface area contributed by atoms with Gasteiger partial charge in [0.25, 0.3) is 5.69 Å². The van der Waals surface area contributed by atoms with Gasteiger partial charge in [-0.1, -0.05) is 17.7 Å². The molecule has 0 unspecified atom stereocenters. The minimum absolute atomic E-state index is 0.00781. The lowest BCUT2D eigenvalue weighted by Gasteiger charge is -2.35. The van der Waals surface area contributed by atoms with Crippen LogP contribution in [0.15, 0.2) is 36.4 Å². The Morgan fingerprint density at radius 3 is 2.46 bits per heavy atom. The van der Waals surface area contributed by atoms with Gasteiger partial charge in [0, 0.05) is 43.0 Å². The smallest absolute Gasteiger partial charge is 0.294 e. The van der Waals surface area contributed by atoms with Gasteiger partial charge < -0.3 is 10.2 Å². The average Bonchev–Trinajstić information content (AvgIpc) is 2.65. The summed E-state index contributed by atoms with van der Waals surface area (Å²) in [4.78, 5) is 27.2. The topological polar surface area (TPSA) is 78.7 Å². The fourth-order valence-corrected chi connectivity index (χ4v) is 3.45. The van der Waals surface area contributed by atoms with E-state index in [1.165, 1.54) is 11.6 Å². The molecule has 1 amide bonds. The summed E-state index contributed by atoms with van der Waals surface area (Å²) in [6, 6.07) is 10.6. The van der Waals surface area contributed by atoms with Gasteiger partial charge >= 0.3 is 0 Å². The zero-order chi connectivity index (χ0) is 20.3. The maximum Gasteiger partial charge on any atom is 0.294 e. The Kier molecular flexibility index (Phi) is 6.16. The molecule has 28 heavy (non-hydrogen) atoms. The number of carbonyl (C=O) groups excluding carboxylic acids is 1. The third kappa shape index (κ3) is 4.79. The monoisotopic (exact) mass is 402 g/mol. The van der Waals surface area contributed by atoms with Crippen molar-refractivity contribution in [1.29, 1.82) is 0 Å². The van der Waals surface area contributed by atoms with E-state index in [4.69, 9.17) is 11.6 Å². The molecule has 3 rings (SSSR count). The number of nitrogens with zero attached hydrogens (tertiary/aromatic N) is 3. The first-order valence-corrected chi connectivity index (χ1v) is 9.49. The Hall–Kier alpha value is -2.64. The van der Waals surface area contributed by atoms with Crippen molar-refractivity contribution in [3.63, 3.8) is 0 Å². The van der Waals surface area contributed by atoms with Gasteiger partial charge in [-0.3, -0.25) is 19.8 Å². The number of amides is 1. The summed E-state index contributed by atoms with van der Waals surface area (Å²) in [5, 5.41) is 14.6. The van der Waals surface area contributed by atoms with Crippen molar-refractivity contribution in [3.8, 4) is 0 Å². The van der Waals surface area contributed by atoms with Crippen LogP contribution in [-0.4, -0.2) is 48.5 Å². The Labute approximate surface area is 169 Å². The lowest BCUT2D eigenvalue weighted by molar-refractivity contribution is -0.384. The fourth-order valence-electron chi connectivity index (χ4n) is 3.28. The van der Waals surface area contributed by atoms with Crippen molar-refractivity contribution in [2.75, 3.05) is 42.9 Å². The normalized spacial score (nSPS) is 14.8. The van der Waals surface area contributed by atoms with Crippen LogP contribution < -0.4 is 10.2 Å².